The van der Waals surface area contributed by atoms with E-state index in [1.807, 2.05) is 25.1 Å². The molecule has 1 aliphatic rings. The predicted octanol–water partition coefficient (Wildman–Crippen LogP) is 4.18. The number of anilines is 1. The van der Waals surface area contributed by atoms with Crippen LogP contribution in [-0.2, 0) is 12.8 Å². The van der Waals surface area contributed by atoms with Crippen LogP contribution >= 0.6 is 11.3 Å². The van der Waals surface area contributed by atoms with Gasteiger partial charge >= 0.3 is 0 Å². The molecule has 0 bridgehead atoms. The van der Waals surface area contributed by atoms with Crippen LogP contribution in [0.4, 0.5) is 5.00 Å². The number of hydrogen-bond donors (Lipinski definition) is 3. The second kappa shape index (κ2) is 8.67. The average Bonchev–Trinajstić information content (AvgIpc) is 3.02. The molecule has 1 heterocycles. The van der Waals surface area contributed by atoms with Gasteiger partial charge in [-0.15, -0.1) is 11.3 Å². The first-order chi connectivity index (χ1) is 13.7. The van der Waals surface area contributed by atoms with Gasteiger partial charge in [-0.3, -0.25) is 9.59 Å². The minimum atomic E-state index is -0.231. The number of thiophene rings is 1. The fourth-order valence-corrected chi connectivity index (χ4v) is 5.19. The van der Waals surface area contributed by atoms with E-state index >= 15 is 0 Å². The smallest absolute Gasteiger partial charge is 0.256 e. The van der Waals surface area contributed by atoms with Gasteiger partial charge in [-0.25, -0.2) is 0 Å². The van der Waals surface area contributed by atoms with Crippen molar-refractivity contribution >= 4 is 28.2 Å². The van der Waals surface area contributed by atoms with Crippen LogP contribution in [0.15, 0.2) is 24.3 Å². The molecule has 0 fully saturated rings. The number of hydrogen-bond acceptors (Lipinski definition) is 4. The lowest BCUT2D eigenvalue weighted by atomic mass is 9.72. The van der Waals surface area contributed by atoms with Crippen molar-refractivity contribution < 1.29 is 14.7 Å². The Kier molecular flexibility index (Phi) is 6.44. The molecule has 0 radical (unpaired) electrons. The van der Waals surface area contributed by atoms with E-state index in [1.54, 1.807) is 6.07 Å². The van der Waals surface area contributed by atoms with E-state index in [0.717, 1.165) is 30.4 Å². The quantitative estimate of drug-likeness (QED) is 0.687. The summed E-state index contributed by atoms with van der Waals surface area (Å²) in [5.41, 5.74) is 3.39. The van der Waals surface area contributed by atoms with Crippen molar-refractivity contribution in [2.45, 2.75) is 47.0 Å². The van der Waals surface area contributed by atoms with Crippen molar-refractivity contribution in [3.63, 3.8) is 0 Å². The summed E-state index contributed by atoms with van der Waals surface area (Å²) in [7, 11) is 0. The summed E-state index contributed by atoms with van der Waals surface area (Å²) < 4.78 is 0. The fraction of sp³-hybridized carbons (Fsp3) is 0.478. The Balaban J connectivity index is 1.94. The molecule has 1 aromatic heterocycles. The maximum atomic E-state index is 12.8. The molecule has 3 N–H and O–H groups in total. The lowest BCUT2D eigenvalue weighted by Crippen LogP contribution is -2.30. The molecular weight excluding hydrogens is 384 g/mol. The van der Waals surface area contributed by atoms with Gasteiger partial charge in [0.2, 0.25) is 0 Å². The van der Waals surface area contributed by atoms with Crippen LogP contribution in [0.1, 0.15) is 63.9 Å². The molecule has 156 valence electrons. The zero-order valence-electron chi connectivity index (χ0n) is 17.6. The standard InChI is InChI=1S/C23H30N2O3S/c1-14-6-5-7-15(12-14)20(27)25-22-19(21(28)24-10-11-26)17-9-8-16(23(2,3)4)13-18(17)29-22/h5-7,12,16,26H,8-11,13H2,1-4H3,(H,24,28)(H,25,27). The van der Waals surface area contributed by atoms with Crippen molar-refractivity contribution in [1.29, 1.82) is 0 Å². The topological polar surface area (TPSA) is 78.4 Å². The van der Waals surface area contributed by atoms with Gasteiger partial charge in [0.15, 0.2) is 0 Å². The van der Waals surface area contributed by atoms with Gasteiger partial charge in [-0.05, 0) is 55.2 Å². The Labute approximate surface area is 176 Å². The Bertz CT molecular complexity index is 911. The third-order valence-corrected chi connectivity index (χ3v) is 6.79. The minimum absolute atomic E-state index is 0.116. The highest BCUT2D eigenvalue weighted by atomic mass is 32.1. The summed E-state index contributed by atoms with van der Waals surface area (Å²) >= 11 is 1.52. The van der Waals surface area contributed by atoms with Gasteiger partial charge in [0.1, 0.15) is 5.00 Å². The van der Waals surface area contributed by atoms with Crippen molar-refractivity contribution in [2.24, 2.45) is 11.3 Å². The summed E-state index contributed by atoms with van der Waals surface area (Å²) in [6, 6.07) is 7.41. The van der Waals surface area contributed by atoms with Crippen LogP contribution < -0.4 is 10.6 Å². The zero-order valence-corrected chi connectivity index (χ0v) is 18.4. The van der Waals surface area contributed by atoms with Gasteiger partial charge in [0.05, 0.1) is 12.2 Å². The number of aryl methyl sites for hydroxylation is 1. The van der Waals surface area contributed by atoms with Crippen LogP contribution in [0, 0.1) is 18.3 Å². The molecule has 2 amide bonds. The molecule has 0 saturated carbocycles. The molecule has 2 aromatic rings. The van der Waals surface area contributed by atoms with Gasteiger partial charge in [0.25, 0.3) is 11.8 Å². The molecular formula is C23H30N2O3S. The van der Waals surface area contributed by atoms with Crippen molar-refractivity contribution in [3.05, 3.63) is 51.4 Å². The van der Waals surface area contributed by atoms with E-state index in [9.17, 15) is 9.59 Å². The molecule has 0 saturated heterocycles. The third-order valence-electron chi connectivity index (χ3n) is 5.62. The summed E-state index contributed by atoms with van der Waals surface area (Å²) in [6.45, 7) is 8.79. The molecule has 29 heavy (non-hydrogen) atoms. The number of fused-ring (bicyclic) bond motifs is 1. The van der Waals surface area contributed by atoms with Gasteiger partial charge in [-0.2, -0.15) is 0 Å². The molecule has 0 aliphatic heterocycles. The number of aliphatic hydroxyl groups excluding tert-OH is 1. The van der Waals surface area contributed by atoms with Crippen LogP contribution in [0.5, 0.6) is 0 Å². The number of aliphatic hydroxyl groups is 1. The van der Waals surface area contributed by atoms with E-state index in [4.69, 9.17) is 5.11 Å². The molecule has 1 unspecified atom stereocenters. The third kappa shape index (κ3) is 4.87. The Morgan fingerprint density at radius 3 is 2.66 bits per heavy atom. The number of amides is 2. The summed E-state index contributed by atoms with van der Waals surface area (Å²) in [5.74, 6) is 0.100. The maximum absolute atomic E-state index is 12.8. The summed E-state index contributed by atoms with van der Waals surface area (Å²) in [4.78, 5) is 26.8. The molecule has 1 aromatic carbocycles. The fourth-order valence-electron chi connectivity index (χ4n) is 3.87. The Morgan fingerprint density at radius 2 is 2.00 bits per heavy atom. The molecule has 3 rings (SSSR count). The number of carbonyl (C=O) groups excluding carboxylic acids is 2. The Hall–Kier alpha value is -2.18. The minimum Gasteiger partial charge on any atom is -0.395 e. The molecule has 6 heteroatoms. The first-order valence-corrected chi connectivity index (χ1v) is 10.9. The first-order valence-electron chi connectivity index (χ1n) is 10.1. The van der Waals surface area contributed by atoms with Crippen molar-refractivity contribution in [3.8, 4) is 0 Å². The number of carbonyl (C=O) groups is 2. The van der Waals surface area contributed by atoms with E-state index < -0.39 is 0 Å². The SMILES string of the molecule is Cc1cccc(C(=O)Nc2sc3c(c2C(=O)NCCO)CCC(C(C)(C)C)C3)c1. The predicted molar refractivity (Wildman–Crippen MR) is 118 cm³/mol. The van der Waals surface area contributed by atoms with Gasteiger partial charge < -0.3 is 15.7 Å². The number of benzene rings is 1. The molecule has 1 aliphatic carbocycles. The molecule has 0 spiro atoms. The van der Waals surface area contributed by atoms with E-state index in [-0.39, 0.29) is 30.4 Å². The van der Waals surface area contributed by atoms with E-state index in [0.29, 0.717) is 22.0 Å². The second-order valence-electron chi connectivity index (χ2n) is 8.82. The highest BCUT2D eigenvalue weighted by molar-refractivity contribution is 7.17. The van der Waals surface area contributed by atoms with Crippen molar-refractivity contribution in [2.75, 3.05) is 18.5 Å². The molecule has 5 nitrogen and oxygen atoms in total. The largest absolute Gasteiger partial charge is 0.395 e. The second-order valence-corrected chi connectivity index (χ2v) is 9.92. The monoisotopic (exact) mass is 414 g/mol. The molecule has 1 atom stereocenters. The van der Waals surface area contributed by atoms with Gasteiger partial charge in [-0.1, -0.05) is 38.5 Å². The van der Waals surface area contributed by atoms with Crippen LogP contribution in [0.2, 0.25) is 0 Å². The summed E-state index contributed by atoms with van der Waals surface area (Å²) in [5, 5.41) is 15.4. The number of nitrogens with one attached hydrogen (secondary N) is 2. The Morgan fingerprint density at radius 1 is 1.24 bits per heavy atom. The number of rotatable bonds is 5. The van der Waals surface area contributed by atoms with Crippen molar-refractivity contribution in [1.82, 2.24) is 5.32 Å². The van der Waals surface area contributed by atoms with Crippen LogP contribution in [-0.4, -0.2) is 30.1 Å². The summed E-state index contributed by atoms with van der Waals surface area (Å²) in [6.07, 6.45) is 2.78. The maximum Gasteiger partial charge on any atom is 0.256 e. The first kappa shape index (κ1) is 21.5. The zero-order chi connectivity index (χ0) is 21.2. The van der Waals surface area contributed by atoms with Crippen LogP contribution in [0.3, 0.4) is 0 Å². The normalized spacial score (nSPS) is 16.2. The highest BCUT2D eigenvalue weighted by Crippen LogP contribution is 2.44. The lowest BCUT2D eigenvalue weighted by Gasteiger charge is -2.33. The average molecular weight is 415 g/mol. The van der Waals surface area contributed by atoms with E-state index in [2.05, 4.69) is 31.4 Å². The highest BCUT2D eigenvalue weighted by Gasteiger charge is 2.34. The van der Waals surface area contributed by atoms with E-state index in [1.165, 1.54) is 16.2 Å². The van der Waals surface area contributed by atoms with Crippen LogP contribution in [0.25, 0.3) is 0 Å². The lowest BCUT2D eigenvalue weighted by molar-refractivity contribution is 0.0944. The van der Waals surface area contributed by atoms with Gasteiger partial charge in [0, 0.05) is 17.0 Å².